The topological polar surface area (TPSA) is 82.0 Å². The van der Waals surface area contributed by atoms with E-state index in [-0.39, 0.29) is 5.43 Å². The lowest BCUT2D eigenvalue weighted by Crippen LogP contribution is -2.08. The average Bonchev–Trinajstić information content (AvgIpc) is 3.23. The van der Waals surface area contributed by atoms with Crippen LogP contribution in [-0.2, 0) is 18.9 Å². The molecule has 2 heterocycles. The fourth-order valence-corrected chi connectivity index (χ4v) is 4.50. The fraction of sp³-hybridized carbons (Fsp3) is 0.320. The monoisotopic (exact) mass is 464 g/mol. The van der Waals surface area contributed by atoms with Crippen molar-refractivity contribution in [3.63, 3.8) is 0 Å². The van der Waals surface area contributed by atoms with E-state index in [0.717, 1.165) is 34.5 Å². The van der Waals surface area contributed by atoms with Gasteiger partial charge in [-0.1, -0.05) is 37.7 Å². The number of nitrogens with zero attached hydrogens (tertiary/aromatic N) is 3. The molecule has 172 valence electrons. The summed E-state index contributed by atoms with van der Waals surface area (Å²) in [6.45, 7) is 7.47. The van der Waals surface area contributed by atoms with E-state index in [1.54, 1.807) is 19.2 Å². The highest BCUT2D eigenvalue weighted by molar-refractivity contribution is 7.98. The van der Waals surface area contributed by atoms with E-state index in [1.807, 2.05) is 28.8 Å². The number of rotatable bonds is 9. The molecule has 0 saturated heterocycles. The summed E-state index contributed by atoms with van der Waals surface area (Å²) in [5, 5.41) is 10.1. The third-order valence-electron chi connectivity index (χ3n) is 5.47. The van der Waals surface area contributed by atoms with E-state index in [0.29, 0.717) is 29.4 Å². The second-order valence-corrected chi connectivity index (χ2v) is 8.96. The van der Waals surface area contributed by atoms with E-state index in [9.17, 15) is 4.79 Å². The van der Waals surface area contributed by atoms with Crippen LogP contribution in [0.25, 0.3) is 10.9 Å². The molecule has 0 spiro atoms. The van der Waals surface area contributed by atoms with Crippen molar-refractivity contribution < 1.29 is 9.47 Å². The first-order valence-electron chi connectivity index (χ1n) is 11.0. The third kappa shape index (κ3) is 5.22. The highest BCUT2D eigenvalue weighted by Crippen LogP contribution is 2.24. The SMILES string of the molecule is CCn1c(COc2ccc(C(C)C)cc2)nnc1SCc1cc(=O)c2cc(OC)ccc2[nH]1. The van der Waals surface area contributed by atoms with E-state index in [1.165, 1.54) is 17.3 Å². The van der Waals surface area contributed by atoms with Gasteiger partial charge in [-0.3, -0.25) is 4.79 Å². The van der Waals surface area contributed by atoms with Crippen molar-refractivity contribution in [3.05, 3.63) is 75.8 Å². The Balaban J connectivity index is 1.44. The van der Waals surface area contributed by atoms with Crippen molar-refractivity contribution in [1.29, 1.82) is 0 Å². The van der Waals surface area contributed by atoms with E-state index in [4.69, 9.17) is 9.47 Å². The molecule has 0 fully saturated rings. The molecular weight excluding hydrogens is 436 g/mol. The second-order valence-electron chi connectivity index (χ2n) is 8.01. The number of aromatic nitrogens is 4. The molecular formula is C25H28N4O3S. The predicted octanol–water partition coefficient (Wildman–Crippen LogP) is 5.14. The number of hydrogen-bond acceptors (Lipinski definition) is 6. The zero-order valence-electron chi connectivity index (χ0n) is 19.3. The Bertz CT molecular complexity index is 1300. The molecule has 7 nitrogen and oxygen atoms in total. The summed E-state index contributed by atoms with van der Waals surface area (Å²) in [4.78, 5) is 15.9. The van der Waals surface area contributed by atoms with E-state index >= 15 is 0 Å². The summed E-state index contributed by atoms with van der Waals surface area (Å²) in [6, 6.07) is 15.2. The number of hydrogen-bond donors (Lipinski definition) is 1. The highest BCUT2D eigenvalue weighted by Gasteiger charge is 2.13. The summed E-state index contributed by atoms with van der Waals surface area (Å²) >= 11 is 1.54. The van der Waals surface area contributed by atoms with Crippen molar-refractivity contribution in [2.75, 3.05) is 7.11 Å². The molecule has 2 aromatic heterocycles. The van der Waals surface area contributed by atoms with Crippen molar-refractivity contribution in [2.24, 2.45) is 0 Å². The van der Waals surface area contributed by atoms with Crippen LogP contribution in [0, 0.1) is 0 Å². The van der Waals surface area contributed by atoms with Crippen LogP contribution < -0.4 is 14.9 Å². The summed E-state index contributed by atoms with van der Waals surface area (Å²) in [6.07, 6.45) is 0. The zero-order valence-corrected chi connectivity index (χ0v) is 20.1. The molecule has 4 rings (SSSR count). The van der Waals surface area contributed by atoms with Gasteiger partial charge in [0.15, 0.2) is 16.4 Å². The largest absolute Gasteiger partial charge is 0.497 e. The minimum Gasteiger partial charge on any atom is -0.497 e. The number of aromatic amines is 1. The van der Waals surface area contributed by atoms with Crippen LogP contribution in [0.1, 0.15) is 43.8 Å². The molecule has 8 heteroatoms. The van der Waals surface area contributed by atoms with Gasteiger partial charge in [-0.15, -0.1) is 10.2 Å². The number of ether oxygens (including phenoxy) is 2. The zero-order chi connectivity index (χ0) is 23.4. The second kappa shape index (κ2) is 10.1. The number of thioether (sulfide) groups is 1. The molecule has 0 unspecified atom stereocenters. The summed E-state index contributed by atoms with van der Waals surface area (Å²) < 4.78 is 13.2. The Kier molecular flexibility index (Phi) is 7.03. The quantitative estimate of drug-likeness (QED) is 0.345. The van der Waals surface area contributed by atoms with Gasteiger partial charge in [-0.05, 0) is 48.7 Å². The van der Waals surface area contributed by atoms with Crippen molar-refractivity contribution in [3.8, 4) is 11.5 Å². The first-order valence-corrected chi connectivity index (χ1v) is 11.9. The van der Waals surface area contributed by atoms with Gasteiger partial charge in [0, 0.05) is 35.0 Å². The molecule has 0 saturated carbocycles. The fourth-order valence-electron chi connectivity index (χ4n) is 3.58. The van der Waals surface area contributed by atoms with Crippen LogP contribution in [0.2, 0.25) is 0 Å². The standard InChI is InChI=1S/C25H28N4O3S/c1-5-29-24(14-32-19-8-6-17(7-9-19)16(2)3)27-28-25(29)33-15-18-12-23(30)21-13-20(31-4)10-11-22(21)26-18/h6-13,16H,5,14-15H2,1-4H3,(H,26,30). The number of fused-ring (bicyclic) bond motifs is 1. The lowest BCUT2D eigenvalue weighted by molar-refractivity contribution is 0.288. The van der Waals surface area contributed by atoms with Crippen molar-refractivity contribution in [2.45, 2.75) is 50.8 Å². The summed E-state index contributed by atoms with van der Waals surface area (Å²) in [7, 11) is 1.59. The summed E-state index contributed by atoms with van der Waals surface area (Å²) in [5.41, 5.74) is 2.86. The molecule has 4 aromatic rings. The van der Waals surface area contributed by atoms with Gasteiger partial charge in [-0.2, -0.15) is 0 Å². The first kappa shape index (κ1) is 22.9. The molecule has 0 amide bonds. The predicted molar refractivity (Wildman–Crippen MR) is 131 cm³/mol. The first-order chi connectivity index (χ1) is 16.0. The van der Waals surface area contributed by atoms with Crippen LogP contribution in [0.3, 0.4) is 0 Å². The van der Waals surface area contributed by atoms with Gasteiger partial charge >= 0.3 is 0 Å². The van der Waals surface area contributed by atoms with Gasteiger partial charge in [0.05, 0.1) is 7.11 Å². The van der Waals surface area contributed by atoms with Gasteiger partial charge in [0.1, 0.15) is 18.1 Å². The average molecular weight is 465 g/mol. The lowest BCUT2D eigenvalue weighted by atomic mass is 10.0. The highest BCUT2D eigenvalue weighted by atomic mass is 32.2. The van der Waals surface area contributed by atoms with Crippen LogP contribution in [0.15, 0.2) is 58.5 Å². The van der Waals surface area contributed by atoms with Crippen molar-refractivity contribution in [1.82, 2.24) is 19.7 Å². The van der Waals surface area contributed by atoms with E-state index in [2.05, 4.69) is 48.1 Å². The molecule has 0 radical (unpaired) electrons. The number of methoxy groups -OCH3 is 1. The number of nitrogens with one attached hydrogen (secondary N) is 1. The lowest BCUT2D eigenvalue weighted by Gasteiger charge is -2.10. The third-order valence-corrected chi connectivity index (χ3v) is 6.49. The molecule has 1 N–H and O–H groups in total. The summed E-state index contributed by atoms with van der Waals surface area (Å²) in [5.74, 6) is 3.31. The maximum Gasteiger partial charge on any atom is 0.191 e. The molecule has 0 aliphatic carbocycles. The minimum atomic E-state index is -0.0345. The Hall–Kier alpha value is -3.26. The molecule has 0 bridgehead atoms. The van der Waals surface area contributed by atoms with Crippen molar-refractivity contribution >= 4 is 22.7 Å². The van der Waals surface area contributed by atoms with Gasteiger partial charge in [-0.25, -0.2) is 0 Å². The maximum absolute atomic E-state index is 12.5. The van der Waals surface area contributed by atoms with Crippen LogP contribution in [0.4, 0.5) is 0 Å². The normalized spacial score (nSPS) is 11.3. The van der Waals surface area contributed by atoms with Gasteiger partial charge in [0.25, 0.3) is 0 Å². The Morgan fingerprint density at radius 3 is 2.52 bits per heavy atom. The number of H-pyrrole nitrogens is 1. The molecule has 33 heavy (non-hydrogen) atoms. The Labute approximate surface area is 197 Å². The van der Waals surface area contributed by atoms with E-state index < -0.39 is 0 Å². The maximum atomic E-state index is 12.5. The number of benzene rings is 2. The Morgan fingerprint density at radius 2 is 1.82 bits per heavy atom. The molecule has 0 aliphatic rings. The molecule has 0 aliphatic heterocycles. The molecule has 2 aromatic carbocycles. The van der Waals surface area contributed by atoms with Gasteiger partial charge in [0.2, 0.25) is 0 Å². The Morgan fingerprint density at radius 1 is 1.06 bits per heavy atom. The smallest absolute Gasteiger partial charge is 0.191 e. The van der Waals surface area contributed by atoms with Crippen LogP contribution in [-0.4, -0.2) is 26.9 Å². The van der Waals surface area contributed by atoms with Gasteiger partial charge < -0.3 is 19.0 Å². The number of pyridine rings is 1. The van der Waals surface area contributed by atoms with Crippen LogP contribution in [0.5, 0.6) is 11.5 Å². The minimum absolute atomic E-state index is 0.0345. The van der Waals surface area contributed by atoms with Crippen LogP contribution >= 0.6 is 11.8 Å². The molecule has 0 atom stereocenters.